The second-order valence-electron chi connectivity index (χ2n) is 4.33. The SMILES string of the molecule is Cc1ccccc1NS(=O)(=O)c1ccc(Cl)cc1C. The highest BCUT2D eigenvalue weighted by molar-refractivity contribution is 7.92. The monoisotopic (exact) mass is 295 g/mol. The molecule has 0 amide bonds. The molecule has 2 aromatic carbocycles. The Balaban J connectivity index is 2.41. The fraction of sp³-hybridized carbons (Fsp3) is 0.143. The maximum atomic E-state index is 12.3. The van der Waals surface area contributed by atoms with Gasteiger partial charge in [-0.1, -0.05) is 29.8 Å². The largest absolute Gasteiger partial charge is 0.279 e. The van der Waals surface area contributed by atoms with Crippen molar-refractivity contribution in [1.29, 1.82) is 0 Å². The summed E-state index contributed by atoms with van der Waals surface area (Å²) in [6.45, 7) is 3.57. The Bertz CT molecular complexity index is 711. The van der Waals surface area contributed by atoms with Gasteiger partial charge < -0.3 is 0 Å². The van der Waals surface area contributed by atoms with E-state index in [9.17, 15) is 8.42 Å². The number of hydrogen-bond donors (Lipinski definition) is 1. The predicted octanol–water partition coefficient (Wildman–Crippen LogP) is 3.76. The molecular formula is C14H14ClNO2S. The van der Waals surface area contributed by atoms with Crippen LogP contribution in [0.2, 0.25) is 5.02 Å². The van der Waals surface area contributed by atoms with Gasteiger partial charge in [0, 0.05) is 5.02 Å². The normalized spacial score (nSPS) is 11.3. The predicted molar refractivity (Wildman–Crippen MR) is 78.2 cm³/mol. The quantitative estimate of drug-likeness (QED) is 0.937. The van der Waals surface area contributed by atoms with Gasteiger partial charge in [0.1, 0.15) is 0 Å². The Labute approximate surface area is 118 Å². The summed E-state index contributed by atoms with van der Waals surface area (Å²) in [5.41, 5.74) is 2.07. The summed E-state index contributed by atoms with van der Waals surface area (Å²) >= 11 is 5.84. The zero-order valence-corrected chi connectivity index (χ0v) is 12.2. The van der Waals surface area contributed by atoms with Crippen molar-refractivity contribution in [3.63, 3.8) is 0 Å². The van der Waals surface area contributed by atoms with Gasteiger partial charge in [-0.2, -0.15) is 0 Å². The molecule has 0 bridgehead atoms. The van der Waals surface area contributed by atoms with Gasteiger partial charge in [-0.3, -0.25) is 4.72 Å². The molecular weight excluding hydrogens is 282 g/mol. The molecule has 0 aliphatic carbocycles. The lowest BCUT2D eigenvalue weighted by atomic mass is 10.2. The van der Waals surface area contributed by atoms with Crippen LogP contribution in [0.3, 0.4) is 0 Å². The van der Waals surface area contributed by atoms with Crippen LogP contribution in [0.1, 0.15) is 11.1 Å². The first-order chi connectivity index (χ1) is 8.90. The molecule has 100 valence electrons. The maximum Gasteiger partial charge on any atom is 0.262 e. The minimum absolute atomic E-state index is 0.236. The molecule has 0 aromatic heterocycles. The lowest BCUT2D eigenvalue weighted by Gasteiger charge is -2.12. The molecule has 1 N–H and O–H groups in total. The molecule has 3 nitrogen and oxygen atoms in total. The molecule has 0 fully saturated rings. The van der Waals surface area contributed by atoms with Crippen LogP contribution in [0, 0.1) is 13.8 Å². The Morgan fingerprint density at radius 2 is 1.68 bits per heavy atom. The van der Waals surface area contributed by atoms with E-state index in [2.05, 4.69) is 4.72 Å². The number of benzene rings is 2. The van der Waals surface area contributed by atoms with E-state index in [0.29, 0.717) is 16.3 Å². The van der Waals surface area contributed by atoms with Crippen molar-refractivity contribution in [2.45, 2.75) is 18.7 Å². The Hall–Kier alpha value is -1.52. The van der Waals surface area contributed by atoms with Crippen molar-refractivity contribution in [3.05, 3.63) is 58.6 Å². The molecule has 0 atom stereocenters. The van der Waals surface area contributed by atoms with Crippen LogP contribution >= 0.6 is 11.6 Å². The molecule has 19 heavy (non-hydrogen) atoms. The number of sulfonamides is 1. The summed E-state index contributed by atoms with van der Waals surface area (Å²) in [5, 5.41) is 0.521. The molecule has 0 unspecified atom stereocenters. The van der Waals surface area contributed by atoms with E-state index in [1.807, 2.05) is 19.1 Å². The molecule has 0 heterocycles. The van der Waals surface area contributed by atoms with Crippen LogP contribution < -0.4 is 4.72 Å². The molecule has 2 rings (SSSR count). The minimum Gasteiger partial charge on any atom is -0.279 e. The maximum absolute atomic E-state index is 12.3. The Kier molecular flexibility index (Phi) is 3.83. The fourth-order valence-electron chi connectivity index (χ4n) is 1.80. The number of halogens is 1. The number of rotatable bonds is 3. The molecule has 0 radical (unpaired) electrons. The summed E-state index contributed by atoms with van der Waals surface area (Å²) in [7, 11) is -3.59. The van der Waals surface area contributed by atoms with Crippen LogP contribution in [-0.4, -0.2) is 8.42 Å². The van der Waals surface area contributed by atoms with Gasteiger partial charge >= 0.3 is 0 Å². The highest BCUT2D eigenvalue weighted by atomic mass is 35.5. The van der Waals surface area contributed by atoms with Gasteiger partial charge in [0.25, 0.3) is 10.0 Å². The highest BCUT2D eigenvalue weighted by Crippen LogP contribution is 2.23. The van der Waals surface area contributed by atoms with Crippen molar-refractivity contribution in [3.8, 4) is 0 Å². The Morgan fingerprint density at radius 1 is 1.00 bits per heavy atom. The van der Waals surface area contributed by atoms with Crippen LogP contribution in [0.5, 0.6) is 0 Å². The first-order valence-electron chi connectivity index (χ1n) is 5.75. The fourth-order valence-corrected chi connectivity index (χ4v) is 3.39. The van der Waals surface area contributed by atoms with Gasteiger partial charge in [-0.25, -0.2) is 8.42 Å². The number of aryl methyl sites for hydroxylation is 2. The van der Waals surface area contributed by atoms with Crippen molar-refractivity contribution in [1.82, 2.24) is 0 Å². The Morgan fingerprint density at radius 3 is 2.32 bits per heavy atom. The second-order valence-corrected chi connectivity index (χ2v) is 6.42. The van der Waals surface area contributed by atoms with E-state index in [0.717, 1.165) is 5.56 Å². The lowest BCUT2D eigenvalue weighted by molar-refractivity contribution is 0.600. The third-order valence-corrected chi connectivity index (χ3v) is 4.58. The molecule has 0 aliphatic rings. The first-order valence-corrected chi connectivity index (χ1v) is 7.61. The topological polar surface area (TPSA) is 46.2 Å². The van der Waals surface area contributed by atoms with Crippen LogP contribution in [0.15, 0.2) is 47.4 Å². The average Bonchev–Trinajstić information content (AvgIpc) is 2.31. The van der Waals surface area contributed by atoms with E-state index in [1.54, 1.807) is 31.2 Å². The summed E-state index contributed by atoms with van der Waals surface area (Å²) in [6, 6.07) is 12.0. The van der Waals surface area contributed by atoms with E-state index in [-0.39, 0.29) is 4.90 Å². The lowest BCUT2D eigenvalue weighted by Crippen LogP contribution is -2.14. The number of para-hydroxylation sites is 1. The van der Waals surface area contributed by atoms with Crippen LogP contribution in [0.4, 0.5) is 5.69 Å². The minimum atomic E-state index is -3.59. The van der Waals surface area contributed by atoms with Crippen LogP contribution in [0.25, 0.3) is 0 Å². The second kappa shape index (κ2) is 5.23. The molecule has 5 heteroatoms. The van der Waals surface area contributed by atoms with E-state index in [4.69, 9.17) is 11.6 Å². The van der Waals surface area contributed by atoms with Gasteiger partial charge in [0.05, 0.1) is 10.6 Å². The number of nitrogens with one attached hydrogen (secondary N) is 1. The van der Waals surface area contributed by atoms with Gasteiger partial charge in [0.15, 0.2) is 0 Å². The smallest absolute Gasteiger partial charge is 0.262 e. The summed E-state index contributed by atoms with van der Waals surface area (Å²) < 4.78 is 27.3. The van der Waals surface area contributed by atoms with Gasteiger partial charge in [-0.05, 0) is 49.2 Å². The number of hydrogen-bond acceptors (Lipinski definition) is 2. The zero-order valence-electron chi connectivity index (χ0n) is 10.6. The highest BCUT2D eigenvalue weighted by Gasteiger charge is 2.17. The average molecular weight is 296 g/mol. The molecule has 0 aliphatic heterocycles. The van der Waals surface area contributed by atoms with Crippen LogP contribution in [-0.2, 0) is 10.0 Å². The van der Waals surface area contributed by atoms with E-state index >= 15 is 0 Å². The van der Waals surface area contributed by atoms with Crippen molar-refractivity contribution in [2.75, 3.05) is 4.72 Å². The summed E-state index contributed by atoms with van der Waals surface area (Å²) in [4.78, 5) is 0.236. The summed E-state index contributed by atoms with van der Waals surface area (Å²) in [5.74, 6) is 0. The number of anilines is 1. The summed E-state index contributed by atoms with van der Waals surface area (Å²) in [6.07, 6.45) is 0. The standard InChI is InChI=1S/C14H14ClNO2S/c1-10-5-3-4-6-13(10)16-19(17,18)14-8-7-12(15)9-11(14)2/h3-9,16H,1-2H3. The molecule has 0 saturated carbocycles. The molecule has 0 spiro atoms. The first kappa shape index (κ1) is 13.9. The van der Waals surface area contributed by atoms with E-state index < -0.39 is 10.0 Å². The molecule has 0 saturated heterocycles. The third-order valence-electron chi connectivity index (χ3n) is 2.82. The van der Waals surface area contributed by atoms with Crippen molar-refractivity contribution < 1.29 is 8.42 Å². The van der Waals surface area contributed by atoms with Crippen molar-refractivity contribution in [2.24, 2.45) is 0 Å². The zero-order chi connectivity index (χ0) is 14.0. The molecule has 2 aromatic rings. The van der Waals surface area contributed by atoms with Gasteiger partial charge in [0.2, 0.25) is 0 Å². The van der Waals surface area contributed by atoms with E-state index in [1.165, 1.54) is 6.07 Å². The van der Waals surface area contributed by atoms with Crippen molar-refractivity contribution >= 4 is 27.3 Å². The van der Waals surface area contributed by atoms with Gasteiger partial charge in [-0.15, -0.1) is 0 Å². The third kappa shape index (κ3) is 3.08.